The number of methoxy groups -OCH3 is 2. The summed E-state index contributed by atoms with van der Waals surface area (Å²) in [7, 11) is 1.54. The first-order valence-electron chi connectivity index (χ1n) is 7.93. The van der Waals surface area contributed by atoms with Gasteiger partial charge in [0, 0.05) is 19.8 Å². The smallest absolute Gasteiger partial charge is 0.355 e. The van der Waals surface area contributed by atoms with Crippen LogP contribution in [-0.2, 0) is 33.8 Å². The molecule has 2 rings (SSSR count). The summed E-state index contributed by atoms with van der Waals surface area (Å²) in [6, 6.07) is 4.68. The molecule has 0 aliphatic carbocycles. The number of rotatable bonds is 5. The van der Waals surface area contributed by atoms with E-state index in [4.69, 9.17) is 14.2 Å². The lowest BCUT2D eigenvalue weighted by Gasteiger charge is -2.31. The van der Waals surface area contributed by atoms with Crippen LogP contribution in [0.3, 0.4) is 0 Å². The zero-order valence-electron chi connectivity index (χ0n) is 15.8. The van der Waals surface area contributed by atoms with Gasteiger partial charge in [-0.05, 0) is 24.6 Å². The van der Waals surface area contributed by atoms with E-state index in [0.29, 0.717) is 11.3 Å². The van der Waals surface area contributed by atoms with Crippen molar-refractivity contribution < 1.29 is 32.2 Å². The first-order chi connectivity index (χ1) is 12.6. The van der Waals surface area contributed by atoms with Gasteiger partial charge in [0.05, 0.1) is 31.3 Å². The molecule has 1 aliphatic heterocycles. The van der Waals surface area contributed by atoms with Gasteiger partial charge in [-0.1, -0.05) is 6.07 Å². The Morgan fingerprint density at radius 3 is 2.33 bits per heavy atom. The monoisotopic (exact) mass is 398 g/mol. The fourth-order valence-corrected chi connectivity index (χ4v) is 3.72. The summed E-state index contributed by atoms with van der Waals surface area (Å²) in [5, 5.41) is 0. The van der Waals surface area contributed by atoms with E-state index in [-0.39, 0.29) is 29.5 Å². The van der Waals surface area contributed by atoms with Crippen LogP contribution >= 0.6 is 0 Å². The third-order valence-corrected chi connectivity index (χ3v) is 6.03. The third kappa shape index (κ3) is 3.97. The predicted octanol–water partition coefficient (Wildman–Crippen LogP) is 0.640. The van der Waals surface area contributed by atoms with Gasteiger partial charge < -0.3 is 19.1 Å². The molecule has 0 radical (unpaired) electrons. The molecule has 0 unspecified atom stereocenters. The number of carbonyl (C=O) groups excluding carboxylic acids is 2. The molecule has 1 aromatic carbocycles. The highest BCUT2D eigenvalue weighted by molar-refractivity contribution is 7.89. The van der Waals surface area contributed by atoms with Crippen LogP contribution in [0.25, 0.3) is 0 Å². The number of anilines is 1. The van der Waals surface area contributed by atoms with Crippen LogP contribution in [0.1, 0.15) is 5.56 Å². The van der Waals surface area contributed by atoms with E-state index in [1.165, 1.54) is 39.3 Å². The summed E-state index contributed by atoms with van der Waals surface area (Å²) < 4.78 is 41.2. The van der Waals surface area contributed by atoms with Gasteiger partial charge in [0.1, 0.15) is 12.4 Å². The molecule has 0 spiro atoms. The number of benzene rings is 1. The highest BCUT2D eigenvalue weighted by Crippen LogP contribution is 2.30. The highest BCUT2D eigenvalue weighted by atomic mass is 32.2. The van der Waals surface area contributed by atoms with Gasteiger partial charge in [-0.25, -0.2) is 22.3 Å². The summed E-state index contributed by atoms with van der Waals surface area (Å²) in [5.41, 5.74) is 0.852. The Balaban J connectivity index is 2.65. The van der Waals surface area contributed by atoms with Gasteiger partial charge in [-0.2, -0.15) is 0 Å². The van der Waals surface area contributed by atoms with Crippen LogP contribution in [0.4, 0.5) is 5.69 Å². The Labute approximate surface area is 158 Å². The van der Waals surface area contributed by atoms with Crippen molar-refractivity contribution in [2.75, 3.05) is 46.6 Å². The fraction of sp³-hybridized carbons (Fsp3) is 0.412. The Morgan fingerprint density at radius 1 is 1.15 bits per heavy atom. The molecular formula is C17H22N2O7S. The van der Waals surface area contributed by atoms with E-state index >= 15 is 0 Å². The summed E-state index contributed by atoms with van der Waals surface area (Å²) >= 11 is 0. The summed E-state index contributed by atoms with van der Waals surface area (Å²) in [5.74, 6) is -1.48. The zero-order chi connectivity index (χ0) is 20.4. The molecule has 10 heteroatoms. The van der Waals surface area contributed by atoms with Crippen LogP contribution in [0.5, 0.6) is 0 Å². The standard InChI is InChI=1S/C17H22N2O7S/c1-11-6-7-12(8-14(11)27(22,23)18(2)3)19-10-26-9-13(16(20)24-4)15(19)17(21)25-5/h6-8H,9-10H2,1-5H3. The summed E-state index contributed by atoms with van der Waals surface area (Å²) in [6.07, 6.45) is 0. The van der Waals surface area contributed by atoms with Crippen molar-refractivity contribution in [3.63, 3.8) is 0 Å². The highest BCUT2D eigenvalue weighted by Gasteiger charge is 2.33. The van der Waals surface area contributed by atoms with Gasteiger partial charge in [-0.15, -0.1) is 0 Å². The van der Waals surface area contributed by atoms with E-state index in [0.717, 1.165) is 4.31 Å². The number of hydrogen-bond acceptors (Lipinski definition) is 8. The van der Waals surface area contributed by atoms with Crippen LogP contribution in [0.15, 0.2) is 34.4 Å². The van der Waals surface area contributed by atoms with Gasteiger partial charge >= 0.3 is 11.9 Å². The van der Waals surface area contributed by atoms with Gasteiger partial charge in [-0.3, -0.25) is 0 Å². The maximum Gasteiger partial charge on any atom is 0.355 e. The summed E-state index contributed by atoms with van der Waals surface area (Å²) in [6.45, 7) is 1.49. The summed E-state index contributed by atoms with van der Waals surface area (Å²) in [4.78, 5) is 25.8. The maximum atomic E-state index is 12.6. The molecule has 0 fully saturated rings. The zero-order valence-corrected chi connectivity index (χ0v) is 16.6. The minimum Gasteiger partial charge on any atom is -0.466 e. The topological polar surface area (TPSA) is 102 Å². The number of aryl methyl sites for hydroxylation is 1. The fourth-order valence-electron chi connectivity index (χ4n) is 2.58. The average Bonchev–Trinajstić information content (AvgIpc) is 2.66. The average molecular weight is 398 g/mol. The molecule has 0 atom stereocenters. The van der Waals surface area contributed by atoms with Gasteiger partial charge in [0.25, 0.3) is 0 Å². The maximum absolute atomic E-state index is 12.6. The van der Waals surface area contributed by atoms with Crippen LogP contribution in [-0.4, -0.2) is 66.3 Å². The van der Waals surface area contributed by atoms with Crippen molar-refractivity contribution in [3.8, 4) is 0 Å². The molecule has 0 amide bonds. The van der Waals surface area contributed by atoms with Crippen LogP contribution < -0.4 is 4.90 Å². The molecule has 0 aromatic heterocycles. The van der Waals surface area contributed by atoms with Crippen molar-refractivity contribution >= 4 is 27.6 Å². The first-order valence-corrected chi connectivity index (χ1v) is 9.37. The van der Waals surface area contributed by atoms with Crippen molar-refractivity contribution in [2.45, 2.75) is 11.8 Å². The van der Waals surface area contributed by atoms with Crippen molar-refractivity contribution in [3.05, 3.63) is 35.0 Å². The Morgan fingerprint density at radius 2 is 1.78 bits per heavy atom. The molecule has 0 N–H and O–H groups in total. The number of ether oxygens (including phenoxy) is 3. The SMILES string of the molecule is COC(=O)C1=C(C(=O)OC)N(c2ccc(C)c(S(=O)(=O)N(C)C)c2)COC1. The minimum atomic E-state index is -3.70. The number of esters is 2. The van der Waals surface area contributed by atoms with E-state index in [9.17, 15) is 18.0 Å². The molecule has 27 heavy (non-hydrogen) atoms. The lowest BCUT2D eigenvalue weighted by Crippen LogP contribution is -2.39. The van der Waals surface area contributed by atoms with Crippen molar-refractivity contribution in [1.82, 2.24) is 4.31 Å². The van der Waals surface area contributed by atoms with E-state index < -0.39 is 22.0 Å². The van der Waals surface area contributed by atoms with Crippen LogP contribution in [0.2, 0.25) is 0 Å². The second-order valence-corrected chi connectivity index (χ2v) is 8.07. The van der Waals surface area contributed by atoms with Gasteiger partial charge in [0.15, 0.2) is 0 Å². The minimum absolute atomic E-state index is 0.00630. The molecule has 9 nitrogen and oxygen atoms in total. The Bertz CT molecular complexity index is 891. The second-order valence-electron chi connectivity index (χ2n) is 5.95. The lowest BCUT2D eigenvalue weighted by molar-refractivity contribution is -0.140. The number of sulfonamides is 1. The van der Waals surface area contributed by atoms with Crippen LogP contribution in [0, 0.1) is 6.92 Å². The molecule has 1 heterocycles. The quantitative estimate of drug-likeness (QED) is 0.666. The molecule has 0 bridgehead atoms. The lowest BCUT2D eigenvalue weighted by atomic mass is 10.1. The molecule has 1 aliphatic rings. The molecule has 0 saturated heterocycles. The van der Waals surface area contributed by atoms with E-state index in [2.05, 4.69) is 0 Å². The normalized spacial score (nSPS) is 15.1. The Kier molecular flexibility index (Phi) is 6.24. The molecule has 148 valence electrons. The number of nitrogens with zero attached hydrogens (tertiary/aromatic N) is 2. The first kappa shape index (κ1) is 20.9. The number of hydrogen-bond donors (Lipinski definition) is 0. The van der Waals surface area contributed by atoms with E-state index in [1.54, 1.807) is 19.1 Å². The Hall–Kier alpha value is -2.43. The van der Waals surface area contributed by atoms with E-state index in [1.807, 2.05) is 0 Å². The largest absolute Gasteiger partial charge is 0.466 e. The molecule has 1 aromatic rings. The van der Waals surface area contributed by atoms with Crippen molar-refractivity contribution in [2.24, 2.45) is 0 Å². The number of carbonyl (C=O) groups is 2. The molecule has 0 saturated carbocycles. The predicted molar refractivity (Wildman–Crippen MR) is 96.4 cm³/mol. The second kappa shape index (κ2) is 8.07. The van der Waals surface area contributed by atoms with Crippen molar-refractivity contribution in [1.29, 1.82) is 0 Å². The third-order valence-electron chi connectivity index (χ3n) is 4.08. The molecular weight excluding hydrogens is 376 g/mol. The van der Waals surface area contributed by atoms with Gasteiger partial charge in [0.2, 0.25) is 10.0 Å².